The molecule has 0 saturated heterocycles. The van der Waals surface area contributed by atoms with E-state index in [4.69, 9.17) is 4.74 Å². The molecule has 0 amide bonds. The lowest BCUT2D eigenvalue weighted by atomic mass is 9.88. The van der Waals surface area contributed by atoms with Crippen molar-refractivity contribution in [2.24, 2.45) is 5.41 Å². The van der Waals surface area contributed by atoms with E-state index in [-0.39, 0.29) is 11.4 Å². The van der Waals surface area contributed by atoms with Crippen molar-refractivity contribution < 1.29 is 9.53 Å². The highest BCUT2D eigenvalue weighted by molar-refractivity contribution is 6.09. The van der Waals surface area contributed by atoms with Crippen LogP contribution in [-0.4, -0.2) is 22.4 Å². The molecule has 0 aliphatic rings. The molecule has 0 N–H and O–H groups in total. The molecule has 11 heavy (non-hydrogen) atoms. The van der Waals surface area contributed by atoms with Gasteiger partial charge in [0.15, 0.2) is 0 Å². The first-order valence-electron chi connectivity index (χ1n) is 3.76. The van der Waals surface area contributed by atoms with Gasteiger partial charge in [0.25, 0.3) is 0 Å². The van der Waals surface area contributed by atoms with Gasteiger partial charge in [-0.05, 0) is 5.41 Å². The highest BCUT2D eigenvalue weighted by atomic mass is 28.1. The van der Waals surface area contributed by atoms with E-state index in [0.29, 0.717) is 11.8 Å². The molecule has 0 fully saturated rings. The molecule has 64 valence electrons. The molecule has 2 nitrogen and oxygen atoms in total. The summed E-state index contributed by atoms with van der Waals surface area (Å²) in [5.74, 6) is -0.257. The number of rotatable bonds is 2. The van der Waals surface area contributed by atoms with Gasteiger partial charge in [-0.3, -0.25) is 0 Å². The zero-order chi connectivity index (χ0) is 9.07. The Bertz CT molecular complexity index is 167. The van der Waals surface area contributed by atoms with Gasteiger partial charge in [-0.25, -0.2) is 4.79 Å². The van der Waals surface area contributed by atoms with Crippen LogP contribution in [-0.2, 0) is 9.53 Å². The van der Waals surface area contributed by atoms with Crippen LogP contribution in [0.2, 0.25) is 0 Å². The summed E-state index contributed by atoms with van der Waals surface area (Å²) in [5, 5.41) is 0. The number of carbonyl (C=O) groups is 1. The molecule has 0 aromatic heterocycles. The summed E-state index contributed by atoms with van der Waals surface area (Å²) in [6.07, 6.45) is 0.550. The Morgan fingerprint density at radius 3 is 2.27 bits per heavy atom. The molecule has 0 saturated carbocycles. The summed E-state index contributed by atoms with van der Waals surface area (Å²) in [5.41, 5.74) is 0.377. The average molecular weight is 172 g/mol. The van der Waals surface area contributed by atoms with Gasteiger partial charge in [0.2, 0.25) is 0 Å². The van der Waals surface area contributed by atoms with Crippen LogP contribution in [0.4, 0.5) is 0 Å². The third-order valence-electron chi connectivity index (χ3n) is 1.43. The van der Waals surface area contributed by atoms with Crippen molar-refractivity contribution in [3.8, 4) is 0 Å². The number of carbonyl (C=O) groups excluding carboxylic acids is 1. The van der Waals surface area contributed by atoms with Crippen LogP contribution in [0, 0.1) is 5.41 Å². The van der Waals surface area contributed by atoms with E-state index in [1.54, 1.807) is 0 Å². The Labute approximate surface area is 71.1 Å². The number of hydrogen-bond acceptors (Lipinski definition) is 2. The molecule has 0 radical (unpaired) electrons. The van der Waals surface area contributed by atoms with Crippen molar-refractivity contribution in [2.75, 3.05) is 6.23 Å². The number of hydrogen-bond donors (Lipinski definition) is 0. The van der Waals surface area contributed by atoms with Gasteiger partial charge >= 0.3 is 5.97 Å². The molecule has 0 aromatic carbocycles. The first kappa shape index (κ1) is 10.4. The zero-order valence-electron chi connectivity index (χ0n) is 7.73. The minimum atomic E-state index is -0.257. The second-order valence-electron chi connectivity index (χ2n) is 3.45. The van der Waals surface area contributed by atoms with Crippen LogP contribution in [0.3, 0.4) is 0 Å². The van der Waals surface area contributed by atoms with Crippen molar-refractivity contribution in [1.29, 1.82) is 0 Å². The fourth-order valence-corrected chi connectivity index (χ4v) is 0.787. The third kappa shape index (κ3) is 3.37. The summed E-state index contributed by atoms with van der Waals surface area (Å²) in [6.45, 7) is 9.53. The van der Waals surface area contributed by atoms with Crippen LogP contribution in [0.5, 0.6) is 0 Å². The number of esters is 1. The first-order chi connectivity index (χ1) is 4.89. The van der Waals surface area contributed by atoms with Gasteiger partial charge < -0.3 is 4.74 Å². The molecule has 0 rings (SSSR count). The Hall–Kier alpha value is -0.573. The van der Waals surface area contributed by atoms with Crippen molar-refractivity contribution >= 4 is 16.2 Å². The minimum absolute atomic E-state index is 0.173. The van der Waals surface area contributed by atoms with Gasteiger partial charge in [-0.2, -0.15) is 0 Å². The van der Waals surface area contributed by atoms with Crippen LogP contribution in [0.15, 0.2) is 12.2 Å². The average Bonchev–Trinajstić information content (AvgIpc) is 1.85. The third-order valence-corrected chi connectivity index (χ3v) is 1.72. The monoisotopic (exact) mass is 172 g/mol. The van der Waals surface area contributed by atoms with Gasteiger partial charge in [-0.15, -0.1) is 0 Å². The molecular formula is C8H16O2Si. The lowest BCUT2D eigenvalue weighted by Crippen LogP contribution is -2.19. The normalized spacial score (nSPS) is 11.2. The molecule has 0 spiro atoms. The summed E-state index contributed by atoms with van der Waals surface area (Å²) in [7, 11) is 0.885. The van der Waals surface area contributed by atoms with Crippen LogP contribution in [0.25, 0.3) is 0 Å². The van der Waals surface area contributed by atoms with Crippen molar-refractivity contribution in [3.05, 3.63) is 12.2 Å². The molecule has 0 aliphatic carbocycles. The largest absolute Gasteiger partial charge is 0.467 e. The zero-order valence-corrected chi connectivity index (χ0v) is 9.73. The van der Waals surface area contributed by atoms with Crippen LogP contribution >= 0.6 is 0 Å². The first-order valence-corrected chi connectivity index (χ1v) is 5.17. The topological polar surface area (TPSA) is 26.3 Å². The van der Waals surface area contributed by atoms with E-state index >= 15 is 0 Å². The number of ether oxygens (including phenoxy) is 1. The predicted octanol–water partition coefficient (Wildman–Crippen LogP) is 0.455. The highest BCUT2D eigenvalue weighted by Crippen LogP contribution is 2.23. The highest BCUT2D eigenvalue weighted by Gasteiger charge is 2.22. The molecule has 0 aromatic rings. The SMILES string of the molecule is C=C(C(=O)OC[SiH3])C(C)(C)C. The van der Waals surface area contributed by atoms with E-state index in [1.165, 1.54) is 0 Å². The van der Waals surface area contributed by atoms with Crippen molar-refractivity contribution in [2.45, 2.75) is 20.8 Å². The maximum absolute atomic E-state index is 11.1. The molecule has 0 heterocycles. The van der Waals surface area contributed by atoms with Gasteiger partial charge in [-0.1, -0.05) is 27.4 Å². The van der Waals surface area contributed by atoms with Crippen LogP contribution < -0.4 is 0 Å². The van der Waals surface area contributed by atoms with Crippen molar-refractivity contribution in [3.63, 3.8) is 0 Å². The lowest BCUT2D eigenvalue weighted by molar-refractivity contribution is -0.138. The second kappa shape index (κ2) is 3.71. The molecular weight excluding hydrogens is 156 g/mol. The Balaban J connectivity index is 4.15. The summed E-state index contributed by atoms with van der Waals surface area (Å²) in [6, 6.07) is 0. The summed E-state index contributed by atoms with van der Waals surface area (Å²) in [4.78, 5) is 11.1. The van der Waals surface area contributed by atoms with Crippen LogP contribution in [0.1, 0.15) is 20.8 Å². The van der Waals surface area contributed by atoms with Crippen molar-refractivity contribution in [1.82, 2.24) is 0 Å². The Kier molecular flexibility index (Phi) is 3.52. The van der Waals surface area contributed by atoms with E-state index in [9.17, 15) is 4.79 Å². The fraction of sp³-hybridized carbons (Fsp3) is 0.625. The molecule has 0 unspecified atom stereocenters. The van der Waals surface area contributed by atoms with Gasteiger partial charge in [0, 0.05) is 5.57 Å². The Morgan fingerprint density at radius 1 is 1.55 bits per heavy atom. The summed E-state index contributed by atoms with van der Waals surface area (Å²) >= 11 is 0. The Morgan fingerprint density at radius 2 is 2.00 bits per heavy atom. The smallest absolute Gasteiger partial charge is 0.333 e. The van der Waals surface area contributed by atoms with Gasteiger partial charge in [0.1, 0.15) is 0 Å². The molecule has 3 heteroatoms. The van der Waals surface area contributed by atoms with E-state index in [1.807, 2.05) is 20.8 Å². The predicted molar refractivity (Wildman–Crippen MR) is 49.5 cm³/mol. The molecule has 0 atom stereocenters. The molecule has 0 bridgehead atoms. The second-order valence-corrected chi connectivity index (χ2v) is 4.03. The maximum Gasteiger partial charge on any atom is 0.333 e. The van der Waals surface area contributed by atoms with Gasteiger partial charge in [0.05, 0.1) is 16.5 Å². The van der Waals surface area contributed by atoms with E-state index in [0.717, 1.165) is 10.2 Å². The fourth-order valence-electron chi connectivity index (χ4n) is 0.524. The molecule has 0 aliphatic heterocycles. The van der Waals surface area contributed by atoms with E-state index in [2.05, 4.69) is 6.58 Å². The quantitative estimate of drug-likeness (QED) is 0.343. The lowest BCUT2D eigenvalue weighted by Gasteiger charge is -2.19. The summed E-state index contributed by atoms with van der Waals surface area (Å²) < 4.78 is 4.85. The standard InChI is InChI=1S/C8H16O2Si/c1-6(8(2,3)4)7(9)10-5-11/h1,5H2,2-4,11H3. The minimum Gasteiger partial charge on any atom is -0.467 e. The van der Waals surface area contributed by atoms with E-state index < -0.39 is 0 Å². The maximum atomic E-state index is 11.1.